The van der Waals surface area contributed by atoms with Gasteiger partial charge in [0.25, 0.3) is 5.69 Å². The molecule has 1 fully saturated rings. The van der Waals surface area contributed by atoms with Gasteiger partial charge >= 0.3 is 0 Å². The fourth-order valence-electron chi connectivity index (χ4n) is 2.72. The van der Waals surface area contributed by atoms with E-state index in [1.54, 1.807) is 6.07 Å². The van der Waals surface area contributed by atoms with Gasteiger partial charge in [-0.15, -0.1) is 0 Å². The highest BCUT2D eigenvalue weighted by atomic mass is 35.5. The quantitative estimate of drug-likeness (QED) is 0.511. The van der Waals surface area contributed by atoms with Crippen LogP contribution in [-0.2, 0) is 11.2 Å². The Labute approximate surface area is 143 Å². The first-order chi connectivity index (χ1) is 11.5. The molecule has 126 valence electrons. The molecule has 0 unspecified atom stereocenters. The SMILES string of the molecule is Nc1nc(Cl)nc(Cc2cccc([N+](=O)[O-])c2)c1N1CCOCC1. The third-order valence-corrected chi connectivity index (χ3v) is 3.95. The highest BCUT2D eigenvalue weighted by molar-refractivity contribution is 6.28. The van der Waals surface area contributed by atoms with Crippen molar-refractivity contribution in [3.05, 3.63) is 50.9 Å². The van der Waals surface area contributed by atoms with E-state index in [9.17, 15) is 10.1 Å². The number of non-ortho nitro benzene ring substituents is 1. The molecule has 0 bridgehead atoms. The first kappa shape index (κ1) is 16.4. The average molecular weight is 350 g/mol. The number of nitro groups is 1. The molecule has 24 heavy (non-hydrogen) atoms. The number of aromatic nitrogens is 2. The maximum Gasteiger partial charge on any atom is 0.269 e. The second-order valence-corrected chi connectivity index (χ2v) is 5.71. The molecule has 1 aliphatic rings. The number of nitrogens with two attached hydrogens (primary N) is 1. The Morgan fingerprint density at radius 3 is 2.79 bits per heavy atom. The van der Waals surface area contributed by atoms with E-state index in [2.05, 4.69) is 14.9 Å². The van der Waals surface area contributed by atoms with Gasteiger partial charge in [0.1, 0.15) is 5.69 Å². The summed E-state index contributed by atoms with van der Waals surface area (Å²) in [4.78, 5) is 20.9. The lowest BCUT2D eigenvalue weighted by Gasteiger charge is -2.30. The van der Waals surface area contributed by atoms with Gasteiger partial charge in [-0.25, -0.2) is 4.98 Å². The van der Waals surface area contributed by atoms with Gasteiger partial charge in [-0.2, -0.15) is 4.98 Å². The highest BCUT2D eigenvalue weighted by Crippen LogP contribution is 2.29. The molecule has 0 saturated carbocycles. The average Bonchev–Trinajstić information content (AvgIpc) is 2.55. The number of nitro benzene ring substituents is 1. The van der Waals surface area contributed by atoms with Crippen LogP contribution in [-0.4, -0.2) is 41.2 Å². The fraction of sp³-hybridized carbons (Fsp3) is 0.333. The second kappa shape index (κ2) is 6.98. The van der Waals surface area contributed by atoms with E-state index in [1.807, 2.05) is 6.07 Å². The monoisotopic (exact) mass is 349 g/mol. The normalized spacial score (nSPS) is 14.6. The Balaban J connectivity index is 1.97. The minimum Gasteiger partial charge on any atom is -0.382 e. The number of halogens is 1. The van der Waals surface area contributed by atoms with Crippen LogP contribution in [0.2, 0.25) is 5.28 Å². The van der Waals surface area contributed by atoms with E-state index in [0.29, 0.717) is 49.9 Å². The van der Waals surface area contributed by atoms with Crippen molar-refractivity contribution in [1.29, 1.82) is 0 Å². The Bertz CT molecular complexity index is 765. The molecule has 0 aliphatic carbocycles. The third kappa shape index (κ3) is 3.55. The van der Waals surface area contributed by atoms with Gasteiger partial charge in [0.05, 0.1) is 23.8 Å². The molecule has 0 spiro atoms. The number of nitrogen functional groups attached to an aromatic ring is 1. The van der Waals surface area contributed by atoms with E-state index < -0.39 is 4.92 Å². The molecular formula is C15H16ClN5O3. The van der Waals surface area contributed by atoms with Gasteiger partial charge in [0, 0.05) is 31.6 Å². The molecular weight excluding hydrogens is 334 g/mol. The summed E-state index contributed by atoms with van der Waals surface area (Å²) in [6, 6.07) is 6.43. The Morgan fingerprint density at radius 2 is 2.08 bits per heavy atom. The van der Waals surface area contributed by atoms with E-state index in [1.165, 1.54) is 12.1 Å². The molecule has 0 radical (unpaired) electrons. The van der Waals surface area contributed by atoms with Crippen molar-refractivity contribution < 1.29 is 9.66 Å². The molecule has 2 heterocycles. The smallest absolute Gasteiger partial charge is 0.269 e. The second-order valence-electron chi connectivity index (χ2n) is 5.38. The fourth-order valence-corrected chi connectivity index (χ4v) is 2.91. The maximum atomic E-state index is 10.9. The van der Waals surface area contributed by atoms with E-state index >= 15 is 0 Å². The first-order valence-electron chi connectivity index (χ1n) is 7.42. The lowest BCUT2D eigenvalue weighted by molar-refractivity contribution is -0.384. The lowest BCUT2D eigenvalue weighted by atomic mass is 10.1. The zero-order chi connectivity index (χ0) is 17.1. The van der Waals surface area contributed by atoms with Crippen molar-refractivity contribution in [3.63, 3.8) is 0 Å². The summed E-state index contributed by atoms with van der Waals surface area (Å²) in [5.41, 5.74) is 8.22. The number of hydrogen-bond donors (Lipinski definition) is 1. The van der Waals surface area contributed by atoms with Crippen molar-refractivity contribution in [2.75, 3.05) is 36.9 Å². The summed E-state index contributed by atoms with van der Waals surface area (Å²) in [6.07, 6.45) is 0.376. The number of morpholine rings is 1. The number of benzene rings is 1. The van der Waals surface area contributed by atoms with E-state index in [0.717, 1.165) is 5.56 Å². The summed E-state index contributed by atoms with van der Waals surface area (Å²) < 4.78 is 5.36. The van der Waals surface area contributed by atoms with Gasteiger partial charge in [-0.05, 0) is 17.2 Å². The van der Waals surface area contributed by atoms with Crippen LogP contribution in [0.3, 0.4) is 0 Å². The number of rotatable bonds is 4. The van der Waals surface area contributed by atoms with Crippen LogP contribution in [0.15, 0.2) is 24.3 Å². The summed E-state index contributed by atoms with van der Waals surface area (Å²) in [6.45, 7) is 2.55. The molecule has 0 atom stereocenters. The van der Waals surface area contributed by atoms with Crippen molar-refractivity contribution >= 4 is 28.8 Å². The Hall–Kier alpha value is -2.45. The summed E-state index contributed by atoms with van der Waals surface area (Å²) in [7, 11) is 0. The molecule has 3 rings (SSSR count). The van der Waals surface area contributed by atoms with Crippen LogP contribution < -0.4 is 10.6 Å². The number of nitrogens with zero attached hydrogens (tertiary/aromatic N) is 4. The number of anilines is 2. The standard InChI is InChI=1S/C15H16ClN5O3/c16-15-18-12(9-10-2-1-3-11(8-10)21(22)23)13(14(17)19-15)20-4-6-24-7-5-20/h1-3,8H,4-7,9H2,(H2,17,18,19). The van der Waals surface area contributed by atoms with Gasteiger partial charge in [-0.1, -0.05) is 12.1 Å². The molecule has 1 saturated heterocycles. The molecule has 2 N–H and O–H groups in total. The van der Waals surface area contributed by atoms with Crippen LogP contribution in [0.5, 0.6) is 0 Å². The van der Waals surface area contributed by atoms with E-state index in [-0.39, 0.29) is 11.0 Å². The van der Waals surface area contributed by atoms with Crippen molar-refractivity contribution in [2.45, 2.75) is 6.42 Å². The minimum atomic E-state index is -0.423. The van der Waals surface area contributed by atoms with Crippen LogP contribution >= 0.6 is 11.6 Å². The Morgan fingerprint density at radius 1 is 1.33 bits per heavy atom. The zero-order valence-corrected chi connectivity index (χ0v) is 13.6. The van der Waals surface area contributed by atoms with Gasteiger partial charge in [0.15, 0.2) is 5.82 Å². The predicted octanol–water partition coefficient (Wildman–Crippen LogP) is 2.05. The highest BCUT2D eigenvalue weighted by Gasteiger charge is 2.21. The number of hydrogen-bond acceptors (Lipinski definition) is 7. The molecule has 1 aromatic heterocycles. The molecule has 1 aromatic carbocycles. The third-order valence-electron chi connectivity index (χ3n) is 3.78. The van der Waals surface area contributed by atoms with Crippen LogP contribution in [0, 0.1) is 10.1 Å². The van der Waals surface area contributed by atoms with Crippen molar-refractivity contribution in [3.8, 4) is 0 Å². The molecule has 0 amide bonds. The van der Waals surface area contributed by atoms with Gasteiger partial charge in [0.2, 0.25) is 5.28 Å². The first-order valence-corrected chi connectivity index (χ1v) is 7.80. The molecule has 8 nitrogen and oxygen atoms in total. The van der Waals surface area contributed by atoms with E-state index in [4.69, 9.17) is 22.1 Å². The van der Waals surface area contributed by atoms with Crippen molar-refractivity contribution in [2.24, 2.45) is 0 Å². The van der Waals surface area contributed by atoms with Crippen LogP contribution in [0.1, 0.15) is 11.3 Å². The maximum absolute atomic E-state index is 10.9. The predicted molar refractivity (Wildman–Crippen MR) is 90.4 cm³/mol. The summed E-state index contributed by atoms with van der Waals surface area (Å²) in [5.74, 6) is 0.303. The number of ether oxygens (including phenoxy) is 1. The molecule has 1 aliphatic heterocycles. The summed E-state index contributed by atoms with van der Waals surface area (Å²) >= 11 is 5.96. The van der Waals surface area contributed by atoms with Gasteiger partial charge < -0.3 is 15.4 Å². The largest absolute Gasteiger partial charge is 0.382 e. The molecule has 2 aromatic rings. The summed E-state index contributed by atoms with van der Waals surface area (Å²) in [5, 5.41) is 11.0. The zero-order valence-electron chi connectivity index (χ0n) is 12.8. The Kier molecular flexibility index (Phi) is 4.77. The minimum absolute atomic E-state index is 0.0357. The van der Waals surface area contributed by atoms with Gasteiger partial charge in [-0.3, -0.25) is 10.1 Å². The van der Waals surface area contributed by atoms with Crippen LogP contribution in [0.25, 0.3) is 0 Å². The topological polar surface area (TPSA) is 107 Å². The molecule has 9 heteroatoms. The lowest BCUT2D eigenvalue weighted by Crippen LogP contribution is -2.37. The van der Waals surface area contributed by atoms with Crippen LogP contribution in [0.4, 0.5) is 17.2 Å². The van der Waals surface area contributed by atoms with Crippen molar-refractivity contribution in [1.82, 2.24) is 9.97 Å².